The predicted octanol–water partition coefficient (Wildman–Crippen LogP) is 3.79. The van der Waals surface area contributed by atoms with Gasteiger partial charge in [-0.25, -0.2) is 0 Å². The van der Waals surface area contributed by atoms with E-state index in [1.54, 1.807) is 11.0 Å². The van der Waals surface area contributed by atoms with Crippen LogP contribution in [0.1, 0.15) is 11.1 Å². The van der Waals surface area contributed by atoms with Crippen molar-refractivity contribution in [1.82, 2.24) is 4.90 Å². The molecule has 0 spiro atoms. The van der Waals surface area contributed by atoms with Crippen LogP contribution in [0.25, 0.3) is 6.08 Å². The number of nitrogens with zero attached hydrogens (tertiary/aromatic N) is 2. The Morgan fingerprint density at radius 3 is 2.63 bits per heavy atom. The van der Waals surface area contributed by atoms with Crippen LogP contribution in [-0.2, 0) is 16.1 Å². The second kappa shape index (κ2) is 9.36. The number of morpholine rings is 1. The minimum Gasteiger partial charge on any atom is -0.488 e. The van der Waals surface area contributed by atoms with Gasteiger partial charge in [-0.05, 0) is 45.3 Å². The van der Waals surface area contributed by atoms with Gasteiger partial charge in [0.15, 0.2) is 0 Å². The molecule has 0 radical (unpaired) electrons. The lowest BCUT2D eigenvalue weighted by atomic mass is 10.1. The van der Waals surface area contributed by atoms with Crippen LogP contribution in [0.5, 0.6) is 5.75 Å². The number of hydrogen-bond donors (Lipinski definition) is 0. The molecule has 1 aliphatic heterocycles. The second-order valence-electron chi connectivity index (χ2n) is 6.04. The number of benzene rings is 2. The molecule has 0 saturated carbocycles. The molecule has 0 N–H and O–H groups in total. The van der Waals surface area contributed by atoms with Crippen LogP contribution in [0, 0.1) is 11.3 Å². The molecule has 0 atom stereocenters. The van der Waals surface area contributed by atoms with E-state index < -0.39 is 0 Å². The van der Waals surface area contributed by atoms with E-state index in [9.17, 15) is 10.1 Å². The molecule has 6 heteroatoms. The zero-order chi connectivity index (χ0) is 19.1. The smallest absolute Gasteiger partial charge is 0.264 e. The Morgan fingerprint density at radius 2 is 1.96 bits per heavy atom. The van der Waals surface area contributed by atoms with Gasteiger partial charge in [-0.3, -0.25) is 4.79 Å². The molecule has 138 valence electrons. The lowest BCUT2D eigenvalue weighted by Gasteiger charge is -2.26. The number of nitriles is 1. The average molecular weight is 427 g/mol. The number of halogens is 1. The highest BCUT2D eigenvalue weighted by Gasteiger charge is 2.20. The summed E-state index contributed by atoms with van der Waals surface area (Å²) in [6.45, 7) is 2.49. The van der Waals surface area contributed by atoms with Crippen LogP contribution in [0.15, 0.2) is 58.6 Å². The summed E-state index contributed by atoms with van der Waals surface area (Å²) < 4.78 is 11.8. The highest BCUT2D eigenvalue weighted by molar-refractivity contribution is 9.10. The standard InChI is InChI=1S/C21H19BrN2O3/c22-19-13-17(6-7-20(19)27-15-16-4-2-1-3-5-16)12-18(14-23)21(25)24-8-10-26-11-9-24/h1-7,12-13H,8-11,15H2/b18-12+. The van der Waals surface area contributed by atoms with Crippen LogP contribution in [0.3, 0.4) is 0 Å². The molecule has 1 heterocycles. The topological polar surface area (TPSA) is 62.6 Å². The van der Waals surface area contributed by atoms with Crippen LogP contribution in [0.4, 0.5) is 0 Å². The molecule has 0 unspecified atom stereocenters. The number of carbonyl (C=O) groups excluding carboxylic acids is 1. The summed E-state index contributed by atoms with van der Waals surface area (Å²) in [5.74, 6) is 0.440. The van der Waals surface area contributed by atoms with Crippen molar-refractivity contribution in [3.05, 3.63) is 69.7 Å². The van der Waals surface area contributed by atoms with Gasteiger partial charge in [0.25, 0.3) is 5.91 Å². The summed E-state index contributed by atoms with van der Waals surface area (Å²) >= 11 is 3.50. The van der Waals surface area contributed by atoms with Crippen molar-refractivity contribution in [3.63, 3.8) is 0 Å². The molecule has 1 fully saturated rings. The number of amides is 1. The van der Waals surface area contributed by atoms with Crippen LogP contribution in [-0.4, -0.2) is 37.1 Å². The van der Waals surface area contributed by atoms with Crippen molar-refractivity contribution >= 4 is 27.9 Å². The lowest BCUT2D eigenvalue weighted by Crippen LogP contribution is -2.41. The molecule has 27 heavy (non-hydrogen) atoms. The molecule has 0 bridgehead atoms. The first-order valence-electron chi connectivity index (χ1n) is 8.62. The number of ether oxygens (including phenoxy) is 2. The molecule has 2 aromatic rings. The van der Waals surface area contributed by atoms with Crippen molar-refractivity contribution < 1.29 is 14.3 Å². The van der Waals surface area contributed by atoms with Crippen LogP contribution in [0.2, 0.25) is 0 Å². The maximum atomic E-state index is 12.5. The normalized spacial score (nSPS) is 14.5. The van der Waals surface area contributed by atoms with Gasteiger partial charge >= 0.3 is 0 Å². The Labute approximate surface area is 166 Å². The fourth-order valence-corrected chi connectivity index (χ4v) is 3.22. The molecular weight excluding hydrogens is 408 g/mol. The van der Waals surface area contributed by atoms with E-state index in [0.717, 1.165) is 15.6 Å². The molecule has 0 aliphatic carbocycles. The highest BCUT2D eigenvalue weighted by atomic mass is 79.9. The van der Waals surface area contributed by atoms with Crippen LogP contribution < -0.4 is 4.74 Å². The van der Waals surface area contributed by atoms with Crippen molar-refractivity contribution in [1.29, 1.82) is 5.26 Å². The van der Waals surface area contributed by atoms with E-state index in [0.29, 0.717) is 38.7 Å². The fourth-order valence-electron chi connectivity index (χ4n) is 2.70. The lowest BCUT2D eigenvalue weighted by molar-refractivity contribution is -0.130. The van der Waals surface area contributed by atoms with Crippen molar-refractivity contribution in [2.75, 3.05) is 26.3 Å². The third kappa shape index (κ3) is 5.19. The fraction of sp³-hybridized carbons (Fsp3) is 0.238. The SMILES string of the molecule is N#C/C(=C\c1ccc(OCc2ccccc2)c(Br)c1)C(=O)N1CCOCC1. The average Bonchev–Trinajstić information content (AvgIpc) is 2.72. The van der Waals surface area contributed by atoms with Crippen molar-refractivity contribution in [2.24, 2.45) is 0 Å². The zero-order valence-electron chi connectivity index (χ0n) is 14.7. The number of carbonyl (C=O) groups is 1. The minimum atomic E-state index is -0.263. The Kier molecular flexibility index (Phi) is 6.64. The van der Waals surface area contributed by atoms with Gasteiger partial charge in [-0.1, -0.05) is 36.4 Å². The van der Waals surface area contributed by atoms with Gasteiger partial charge < -0.3 is 14.4 Å². The van der Waals surface area contributed by atoms with Gasteiger partial charge in [0, 0.05) is 13.1 Å². The van der Waals surface area contributed by atoms with E-state index in [-0.39, 0.29) is 11.5 Å². The van der Waals surface area contributed by atoms with E-state index >= 15 is 0 Å². The van der Waals surface area contributed by atoms with Gasteiger partial charge in [-0.2, -0.15) is 5.26 Å². The monoisotopic (exact) mass is 426 g/mol. The molecule has 0 aromatic heterocycles. The van der Waals surface area contributed by atoms with Crippen LogP contribution >= 0.6 is 15.9 Å². The first-order valence-corrected chi connectivity index (χ1v) is 9.42. The van der Waals surface area contributed by atoms with Crippen molar-refractivity contribution in [3.8, 4) is 11.8 Å². The van der Waals surface area contributed by atoms with E-state index in [2.05, 4.69) is 15.9 Å². The third-order valence-electron chi connectivity index (χ3n) is 4.15. The first kappa shape index (κ1) is 19.2. The maximum Gasteiger partial charge on any atom is 0.264 e. The molecule has 1 amide bonds. The Morgan fingerprint density at radius 1 is 1.22 bits per heavy atom. The third-order valence-corrected chi connectivity index (χ3v) is 4.77. The molecule has 3 rings (SSSR count). The first-order chi connectivity index (χ1) is 13.2. The maximum absolute atomic E-state index is 12.5. The van der Waals surface area contributed by atoms with E-state index in [1.165, 1.54) is 0 Å². The number of rotatable bonds is 5. The second-order valence-corrected chi connectivity index (χ2v) is 6.89. The largest absolute Gasteiger partial charge is 0.488 e. The van der Waals surface area contributed by atoms with Crippen molar-refractivity contribution in [2.45, 2.75) is 6.61 Å². The molecular formula is C21H19BrN2O3. The highest BCUT2D eigenvalue weighted by Crippen LogP contribution is 2.28. The predicted molar refractivity (Wildman–Crippen MR) is 106 cm³/mol. The molecule has 1 saturated heterocycles. The van der Waals surface area contributed by atoms with E-state index in [1.807, 2.05) is 54.6 Å². The quantitative estimate of drug-likeness (QED) is 0.538. The summed E-state index contributed by atoms with van der Waals surface area (Å²) in [5, 5.41) is 9.39. The molecule has 2 aromatic carbocycles. The van der Waals surface area contributed by atoms with Gasteiger partial charge in [0.05, 0.1) is 17.7 Å². The summed E-state index contributed by atoms with van der Waals surface area (Å²) in [5.41, 5.74) is 1.95. The summed E-state index contributed by atoms with van der Waals surface area (Å²) in [4.78, 5) is 14.1. The van der Waals surface area contributed by atoms with Gasteiger partial charge in [-0.15, -0.1) is 0 Å². The number of hydrogen-bond acceptors (Lipinski definition) is 4. The van der Waals surface area contributed by atoms with E-state index in [4.69, 9.17) is 9.47 Å². The van der Waals surface area contributed by atoms with Gasteiger partial charge in [0.2, 0.25) is 0 Å². The minimum absolute atomic E-state index is 0.113. The van der Waals surface area contributed by atoms with Gasteiger partial charge in [0.1, 0.15) is 24.0 Å². The summed E-state index contributed by atoms with van der Waals surface area (Å²) in [7, 11) is 0. The Bertz CT molecular complexity index is 869. The molecule has 5 nitrogen and oxygen atoms in total. The Hall–Kier alpha value is -2.62. The Balaban J connectivity index is 1.70. The zero-order valence-corrected chi connectivity index (χ0v) is 16.3. The summed E-state index contributed by atoms with van der Waals surface area (Å²) in [6, 6.07) is 17.4. The summed E-state index contributed by atoms with van der Waals surface area (Å²) in [6.07, 6.45) is 1.60. The molecule has 1 aliphatic rings.